The van der Waals surface area contributed by atoms with Gasteiger partial charge in [0, 0.05) is 0 Å². The third-order valence-corrected chi connectivity index (χ3v) is 4.01. The Hall–Kier alpha value is -1.32. The first-order valence-electron chi connectivity index (χ1n) is 8.07. The van der Waals surface area contributed by atoms with Crippen LogP contribution in [0.2, 0.25) is 0 Å². The van der Waals surface area contributed by atoms with Gasteiger partial charge in [-0.3, -0.25) is 9.59 Å². The van der Waals surface area contributed by atoms with E-state index in [1.165, 1.54) is 0 Å². The van der Waals surface area contributed by atoms with Crippen molar-refractivity contribution in [2.24, 2.45) is 11.3 Å². The lowest BCUT2D eigenvalue weighted by atomic mass is 9.71. The van der Waals surface area contributed by atoms with Crippen LogP contribution in [0.3, 0.4) is 0 Å². The molecule has 2 unspecified atom stereocenters. The summed E-state index contributed by atoms with van der Waals surface area (Å²) in [5, 5.41) is 0. The third kappa shape index (κ3) is 4.87. The maximum Gasteiger partial charge on any atom is 0.316 e. The molecule has 2 atom stereocenters. The van der Waals surface area contributed by atoms with Crippen molar-refractivity contribution in [3.63, 3.8) is 0 Å². The zero-order chi connectivity index (χ0) is 15.7. The van der Waals surface area contributed by atoms with Crippen LogP contribution in [0.25, 0.3) is 0 Å². The SMILES string of the molecule is CCCCOC(=O)C1CCC=CC1(C)C(=O)OCCCC. The van der Waals surface area contributed by atoms with Gasteiger partial charge < -0.3 is 9.47 Å². The van der Waals surface area contributed by atoms with E-state index in [2.05, 4.69) is 0 Å². The van der Waals surface area contributed by atoms with Gasteiger partial charge in [0.05, 0.1) is 24.5 Å². The molecule has 0 aromatic heterocycles. The Labute approximate surface area is 127 Å². The van der Waals surface area contributed by atoms with E-state index in [0.717, 1.165) is 32.1 Å². The number of carbonyl (C=O) groups excluding carboxylic acids is 2. The molecule has 0 heterocycles. The topological polar surface area (TPSA) is 52.6 Å². The van der Waals surface area contributed by atoms with E-state index in [1.807, 2.05) is 26.0 Å². The predicted molar refractivity (Wildman–Crippen MR) is 81.7 cm³/mol. The van der Waals surface area contributed by atoms with Gasteiger partial charge in [0.25, 0.3) is 0 Å². The van der Waals surface area contributed by atoms with Crippen molar-refractivity contribution in [2.75, 3.05) is 13.2 Å². The Bertz CT molecular complexity index is 375. The van der Waals surface area contributed by atoms with Gasteiger partial charge >= 0.3 is 11.9 Å². The molecule has 1 rings (SSSR count). The van der Waals surface area contributed by atoms with E-state index in [4.69, 9.17) is 9.47 Å². The van der Waals surface area contributed by atoms with Crippen LogP contribution < -0.4 is 0 Å². The summed E-state index contributed by atoms with van der Waals surface area (Å²) < 4.78 is 10.6. The number of esters is 2. The standard InChI is InChI=1S/C17H28O4/c1-4-6-12-20-15(18)14-10-8-9-11-17(14,3)16(19)21-13-7-5-2/h9,11,14H,4-8,10,12-13H2,1-3H3. The van der Waals surface area contributed by atoms with Crippen molar-refractivity contribution in [1.29, 1.82) is 0 Å². The van der Waals surface area contributed by atoms with Crippen molar-refractivity contribution in [3.8, 4) is 0 Å². The minimum Gasteiger partial charge on any atom is -0.465 e. The fourth-order valence-corrected chi connectivity index (χ4v) is 2.46. The predicted octanol–water partition coefficient (Wildman–Crippen LogP) is 3.65. The van der Waals surface area contributed by atoms with E-state index in [0.29, 0.717) is 19.6 Å². The van der Waals surface area contributed by atoms with Gasteiger partial charge in [-0.25, -0.2) is 0 Å². The largest absolute Gasteiger partial charge is 0.465 e. The first-order valence-corrected chi connectivity index (χ1v) is 8.07. The highest BCUT2D eigenvalue weighted by Gasteiger charge is 2.46. The van der Waals surface area contributed by atoms with Crippen LogP contribution >= 0.6 is 0 Å². The van der Waals surface area contributed by atoms with Gasteiger partial charge in [0.1, 0.15) is 0 Å². The lowest BCUT2D eigenvalue weighted by Gasteiger charge is -2.33. The molecule has 0 fully saturated rings. The second-order valence-electron chi connectivity index (χ2n) is 5.83. The van der Waals surface area contributed by atoms with Crippen molar-refractivity contribution >= 4 is 11.9 Å². The summed E-state index contributed by atoms with van der Waals surface area (Å²) in [6, 6.07) is 0. The molecule has 4 heteroatoms. The highest BCUT2D eigenvalue weighted by molar-refractivity contribution is 5.87. The number of allylic oxidation sites excluding steroid dienone is 1. The van der Waals surface area contributed by atoms with Crippen molar-refractivity contribution in [1.82, 2.24) is 0 Å². The van der Waals surface area contributed by atoms with Crippen LogP contribution in [0.15, 0.2) is 12.2 Å². The Morgan fingerprint density at radius 2 is 1.76 bits per heavy atom. The maximum atomic E-state index is 12.4. The second kappa shape index (κ2) is 8.85. The minimum absolute atomic E-state index is 0.275. The Balaban J connectivity index is 2.69. The van der Waals surface area contributed by atoms with Gasteiger partial charge in [0.15, 0.2) is 0 Å². The monoisotopic (exact) mass is 296 g/mol. The first-order chi connectivity index (χ1) is 10.1. The number of unbranched alkanes of at least 4 members (excludes halogenated alkanes) is 2. The first kappa shape index (κ1) is 17.7. The van der Waals surface area contributed by atoms with Crippen molar-refractivity contribution < 1.29 is 19.1 Å². The molecule has 1 aliphatic carbocycles. The summed E-state index contributed by atoms with van der Waals surface area (Å²) in [6.07, 6.45) is 8.86. The van der Waals surface area contributed by atoms with E-state index in [-0.39, 0.29) is 11.9 Å². The van der Waals surface area contributed by atoms with Crippen LogP contribution in [0, 0.1) is 11.3 Å². The van der Waals surface area contributed by atoms with E-state index >= 15 is 0 Å². The molecule has 0 spiro atoms. The highest BCUT2D eigenvalue weighted by Crippen LogP contribution is 2.38. The zero-order valence-corrected chi connectivity index (χ0v) is 13.5. The van der Waals surface area contributed by atoms with Gasteiger partial charge in [-0.15, -0.1) is 0 Å². The summed E-state index contributed by atoms with van der Waals surface area (Å²) in [4.78, 5) is 24.6. The molecule has 0 aliphatic heterocycles. The van der Waals surface area contributed by atoms with Crippen molar-refractivity contribution in [3.05, 3.63) is 12.2 Å². The molecular weight excluding hydrogens is 268 g/mol. The summed E-state index contributed by atoms with van der Waals surface area (Å²) in [5.41, 5.74) is -0.894. The van der Waals surface area contributed by atoms with Crippen LogP contribution in [-0.2, 0) is 19.1 Å². The second-order valence-corrected chi connectivity index (χ2v) is 5.83. The van der Waals surface area contributed by atoms with Crippen LogP contribution in [0.4, 0.5) is 0 Å². The van der Waals surface area contributed by atoms with Gasteiger partial charge in [0.2, 0.25) is 0 Å². The molecule has 0 aromatic carbocycles. The van der Waals surface area contributed by atoms with Crippen molar-refractivity contribution in [2.45, 2.75) is 59.3 Å². The molecule has 0 saturated carbocycles. The molecule has 0 bridgehead atoms. The molecule has 1 aliphatic rings. The molecular formula is C17H28O4. The number of carbonyl (C=O) groups is 2. The Kier molecular flexibility index (Phi) is 7.48. The maximum absolute atomic E-state index is 12.4. The summed E-state index contributed by atoms with van der Waals surface area (Å²) in [5.74, 6) is -1.03. The fraction of sp³-hybridized carbons (Fsp3) is 0.765. The number of ether oxygens (including phenoxy) is 2. The molecule has 0 saturated heterocycles. The molecule has 21 heavy (non-hydrogen) atoms. The average Bonchev–Trinajstić information content (AvgIpc) is 2.48. The van der Waals surface area contributed by atoms with E-state index in [1.54, 1.807) is 6.92 Å². The van der Waals surface area contributed by atoms with Gasteiger partial charge in [-0.1, -0.05) is 38.8 Å². The third-order valence-electron chi connectivity index (χ3n) is 4.01. The highest BCUT2D eigenvalue weighted by atomic mass is 16.5. The van der Waals surface area contributed by atoms with E-state index in [9.17, 15) is 9.59 Å². The molecule has 0 aromatic rings. The Morgan fingerprint density at radius 3 is 2.38 bits per heavy atom. The molecule has 0 N–H and O–H groups in total. The number of rotatable bonds is 8. The molecule has 0 radical (unpaired) electrons. The lowest BCUT2D eigenvalue weighted by Crippen LogP contribution is -2.42. The molecule has 4 nitrogen and oxygen atoms in total. The van der Waals surface area contributed by atoms with Gasteiger partial charge in [-0.2, -0.15) is 0 Å². The smallest absolute Gasteiger partial charge is 0.316 e. The summed E-state index contributed by atoms with van der Waals surface area (Å²) in [6.45, 7) is 6.71. The van der Waals surface area contributed by atoms with Crippen LogP contribution in [-0.4, -0.2) is 25.2 Å². The summed E-state index contributed by atoms with van der Waals surface area (Å²) in [7, 11) is 0. The van der Waals surface area contributed by atoms with Crippen LogP contribution in [0.5, 0.6) is 0 Å². The fourth-order valence-electron chi connectivity index (χ4n) is 2.46. The lowest BCUT2D eigenvalue weighted by molar-refractivity contribution is -0.166. The summed E-state index contributed by atoms with van der Waals surface area (Å²) >= 11 is 0. The Morgan fingerprint density at radius 1 is 1.14 bits per heavy atom. The number of hydrogen-bond donors (Lipinski definition) is 0. The van der Waals surface area contributed by atoms with E-state index < -0.39 is 11.3 Å². The zero-order valence-electron chi connectivity index (χ0n) is 13.5. The quantitative estimate of drug-likeness (QED) is 0.390. The van der Waals surface area contributed by atoms with Gasteiger partial charge in [-0.05, 0) is 32.6 Å². The normalized spacial score (nSPS) is 24.6. The number of hydrogen-bond acceptors (Lipinski definition) is 4. The van der Waals surface area contributed by atoms with Crippen LogP contribution in [0.1, 0.15) is 59.3 Å². The molecule has 120 valence electrons. The minimum atomic E-state index is -0.894. The average molecular weight is 296 g/mol. The molecule has 0 amide bonds.